The Morgan fingerprint density at radius 3 is 2.96 bits per heavy atom. The fourth-order valence-corrected chi connectivity index (χ4v) is 3.60. The van der Waals surface area contributed by atoms with Crippen LogP contribution in [0.1, 0.15) is 11.3 Å². The van der Waals surface area contributed by atoms with Crippen molar-refractivity contribution >= 4 is 6.03 Å². The summed E-state index contributed by atoms with van der Waals surface area (Å²) in [6.07, 6.45) is 1.77. The van der Waals surface area contributed by atoms with Gasteiger partial charge < -0.3 is 15.0 Å². The third-order valence-electron chi connectivity index (χ3n) is 4.92. The number of benzene rings is 1. The summed E-state index contributed by atoms with van der Waals surface area (Å²) in [7, 11) is 0. The van der Waals surface area contributed by atoms with Gasteiger partial charge in [0.15, 0.2) is 0 Å². The monoisotopic (exact) mass is 341 g/mol. The predicted molar refractivity (Wildman–Crippen MR) is 92.8 cm³/mol. The highest BCUT2D eigenvalue weighted by molar-refractivity contribution is 5.74. The number of amides is 2. The number of hydrogen-bond acceptors (Lipinski definition) is 4. The third-order valence-corrected chi connectivity index (χ3v) is 4.92. The Labute approximate surface area is 147 Å². The van der Waals surface area contributed by atoms with Crippen molar-refractivity contribution in [3.63, 3.8) is 0 Å². The van der Waals surface area contributed by atoms with Gasteiger partial charge in [-0.05, 0) is 11.6 Å². The summed E-state index contributed by atoms with van der Waals surface area (Å²) in [4.78, 5) is 16.7. The van der Waals surface area contributed by atoms with Gasteiger partial charge in [0, 0.05) is 25.8 Å². The maximum Gasteiger partial charge on any atom is 0.317 e. The van der Waals surface area contributed by atoms with Crippen LogP contribution in [0.15, 0.2) is 42.6 Å². The molecule has 7 heteroatoms. The standard InChI is InChI=1S/C18H23N5O2/c24-18(19-10-15-6-7-20-21-15)23-12-16-17(13-23)25-9-8-22(16)11-14-4-2-1-3-5-14/h1-7,16-17H,8-13H2,(H,19,24)(H,20,21)/t16-,17-/m0/s1. The minimum absolute atomic E-state index is 0.0488. The molecular weight excluding hydrogens is 318 g/mol. The highest BCUT2D eigenvalue weighted by Gasteiger charge is 2.41. The van der Waals surface area contributed by atoms with Gasteiger partial charge in [-0.15, -0.1) is 0 Å². The van der Waals surface area contributed by atoms with Gasteiger partial charge in [-0.2, -0.15) is 5.10 Å². The predicted octanol–water partition coefficient (Wildman–Crippen LogP) is 1.20. The highest BCUT2D eigenvalue weighted by Crippen LogP contribution is 2.24. The Hall–Kier alpha value is -2.38. The third kappa shape index (κ3) is 3.67. The van der Waals surface area contributed by atoms with Gasteiger partial charge in [-0.25, -0.2) is 4.79 Å². The first-order valence-electron chi connectivity index (χ1n) is 8.70. The summed E-state index contributed by atoms with van der Waals surface area (Å²) >= 11 is 0. The van der Waals surface area contributed by atoms with Crippen LogP contribution in [0.25, 0.3) is 0 Å². The van der Waals surface area contributed by atoms with Gasteiger partial charge in [-0.1, -0.05) is 30.3 Å². The Morgan fingerprint density at radius 2 is 2.16 bits per heavy atom. The topological polar surface area (TPSA) is 73.5 Å². The first-order chi connectivity index (χ1) is 12.3. The minimum atomic E-state index is -0.0488. The van der Waals surface area contributed by atoms with Crippen LogP contribution < -0.4 is 5.32 Å². The van der Waals surface area contributed by atoms with Gasteiger partial charge in [0.05, 0.1) is 37.5 Å². The molecule has 2 aliphatic heterocycles. The van der Waals surface area contributed by atoms with Crippen molar-refractivity contribution in [2.75, 3.05) is 26.2 Å². The summed E-state index contributed by atoms with van der Waals surface area (Å²) in [5.41, 5.74) is 2.19. The van der Waals surface area contributed by atoms with Crippen molar-refractivity contribution < 1.29 is 9.53 Å². The second kappa shape index (κ2) is 7.25. The number of nitrogens with zero attached hydrogens (tertiary/aromatic N) is 3. The lowest BCUT2D eigenvalue weighted by molar-refractivity contribution is -0.0503. The van der Waals surface area contributed by atoms with Crippen LogP contribution in [0.3, 0.4) is 0 Å². The molecular formula is C18H23N5O2. The molecule has 132 valence electrons. The first-order valence-corrected chi connectivity index (χ1v) is 8.70. The second-order valence-corrected chi connectivity index (χ2v) is 6.58. The van der Waals surface area contributed by atoms with Gasteiger partial charge in [0.25, 0.3) is 0 Å². The molecule has 2 N–H and O–H groups in total. The van der Waals surface area contributed by atoms with Crippen LogP contribution in [-0.2, 0) is 17.8 Å². The lowest BCUT2D eigenvalue weighted by atomic mass is 10.1. The smallest absolute Gasteiger partial charge is 0.317 e. The lowest BCUT2D eigenvalue weighted by Crippen LogP contribution is -2.50. The molecule has 2 amide bonds. The summed E-state index contributed by atoms with van der Waals surface area (Å²) < 4.78 is 5.92. The molecule has 0 spiro atoms. The number of morpholine rings is 1. The van der Waals surface area contributed by atoms with Gasteiger partial charge in [0.1, 0.15) is 0 Å². The van der Waals surface area contributed by atoms with E-state index in [9.17, 15) is 4.79 Å². The number of carbonyl (C=O) groups is 1. The molecule has 4 rings (SSSR count). The molecule has 2 saturated heterocycles. The average molecular weight is 341 g/mol. The number of aromatic amines is 1. The van der Waals surface area contributed by atoms with E-state index in [2.05, 4.69) is 44.7 Å². The first kappa shape index (κ1) is 16.1. The SMILES string of the molecule is O=C(NCc1ccn[nH]1)N1C[C@@H]2OCCN(Cc3ccccc3)[C@H]2C1. The molecule has 0 bridgehead atoms. The molecule has 0 unspecified atom stereocenters. The number of carbonyl (C=O) groups excluding carboxylic acids is 1. The number of likely N-dealkylation sites (tertiary alicyclic amines) is 1. The minimum Gasteiger partial charge on any atom is -0.373 e. The summed E-state index contributed by atoms with van der Waals surface area (Å²) in [6.45, 7) is 4.32. The maximum atomic E-state index is 12.5. The Kier molecular flexibility index (Phi) is 4.67. The van der Waals surface area contributed by atoms with Crippen LogP contribution in [-0.4, -0.2) is 64.4 Å². The van der Waals surface area contributed by atoms with Crippen LogP contribution in [0, 0.1) is 0 Å². The molecule has 7 nitrogen and oxygen atoms in total. The van der Waals surface area contributed by atoms with E-state index in [1.54, 1.807) is 6.20 Å². The van der Waals surface area contributed by atoms with Crippen molar-refractivity contribution in [1.29, 1.82) is 0 Å². The van der Waals surface area contributed by atoms with Crippen LogP contribution >= 0.6 is 0 Å². The molecule has 2 atom stereocenters. The molecule has 2 aromatic rings. The number of urea groups is 1. The van der Waals surface area contributed by atoms with Gasteiger partial charge >= 0.3 is 6.03 Å². The van der Waals surface area contributed by atoms with Crippen molar-refractivity contribution in [2.24, 2.45) is 0 Å². The average Bonchev–Trinajstić information content (AvgIpc) is 3.30. The summed E-state index contributed by atoms with van der Waals surface area (Å²) in [5, 5.41) is 9.68. The fourth-order valence-electron chi connectivity index (χ4n) is 3.60. The number of nitrogens with one attached hydrogen (secondary N) is 2. The number of hydrogen-bond donors (Lipinski definition) is 2. The van der Waals surface area contributed by atoms with E-state index >= 15 is 0 Å². The van der Waals surface area contributed by atoms with Crippen molar-refractivity contribution in [3.8, 4) is 0 Å². The Bertz CT molecular complexity index is 691. The number of aromatic nitrogens is 2. The van der Waals surface area contributed by atoms with E-state index in [1.807, 2.05) is 17.0 Å². The summed E-state index contributed by atoms with van der Waals surface area (Å²) in [5.74, 6) is 0. The quantitative estimate of drug-likeness (QED) is 0.877. The van der Waals surface area contributed by atoms with Crippen LogP contribution in [0.2, 0.25) is 0 Å². The molecule has 2 aliphatic rings. The Morgan fingerprint density at radius 1 is 1.28 bits per heavy atom. The molecule has 1 aromatic heterocycles. The van der Waals surface area contributed by atoms with E-state index in [1.165, 1.54) is 5.56 Å². The normalized spacial score (nSPS) is 23.4. The van der Waals surface area contributed by atoms with E-state index in [0.29, 0.717) is 19.6 Å². The molecule has 0 radical (unpaired) electrons. The number of rotatable bonds is 4. The van der Waals surface area contributed by atoms with Crippen molar-refractivity contribution in [3.05, 3.63) is 53.9 Å². The van der Waals surface area contributed by atoms with E-state index in [-0.39, 0.29) is 18.2 Å². The molecule has 0 saturated carbocycles. The zero-order valence-electron chi connectivity index (χ0n) is 14.1. The maximum absolute atomic E-state index is 12.5. The molecule has 25 heavy (non-hydrogen) atoms. The number of ether oxygens (including phenoxy) is 1. The lowest BCUT2D eigenvalue weighted by Gasteiger charge is -2.36. The highest BCUT2D eigenvalue weighted by atomic mass is 16.5. The molecule has 1 aromatic carbocycles. The molecule has 3 heterocycles. The zero-order chi connectivity index (χ0) is 17.1. The van der Waals surface area contributed by atoms with Gasteiger partial charge in [0.2, 0.25) is 0 Å². The van der Waals surface area contributed by atoms with Crippen LogP contribution in [0.4, 0.5) is 4.79 Å². The number of H-pyrrole nitrogens is 1. The molecule has 0 aliphatic carbocycles. The summed E-state index contributed by atoms with van der Waals surface area (Å²) in [6, 6.07) is 12.5. The zero-order valence-corrected chi connectivity index (χ0v) is 14.1. The van der Waals surface area contributed by atoms with E-state index in [0.717, 1.165) is 25.4 Å². The molecule has 2 fully saturated rings. The van der Waals surface area contributed by atoms with Gasteiger partial charge in [-0.3, -0.25) is 10.00 Å². The van der Waals surface area contributed by atoms with Crippen molar-refractivity contribution in [2.45, 2.75) is 25.2 Å². The van der Waals surface area contributed by atoms with E-state index in [4.69, 9.17) is 4.74 Å². The van der Waals surface area contributed by atoms with E-state index < -0.39 is 0 Å². The second-order valence-electron chi connectivity index (χ2n) is 6.58. The largest absolute Gasteiger partial charge is 0.373 e. The number of fused-ring (bicyclic) bond motifs is 1. The Balaban J connectivity index is 1.36. The fraction of sp³-hybridized carbons (Fsp3) is 0.444. The van der Waals surface area contributed by atoms with Crippen LogP contribution in [0.5, 0.6) is 0 Å². The van der Waals surface area contributed by atoms with Crippen molar-refractivity contribution in [1.82, 2.24) is 25.3 Å².